The SMILES string of the molecule is O=C(CN1CCCC1C(=O)O)Nc1ccc(Cl)cc1Cl. The Morgan fingerprint density at radius 1 is 1.40 bits per heavy atom. The van der Waals surface area contributed by atoms with Crippen LogP contribution in [0.4, 0.5) is 5.69 Å². The van der Waals surface area contributed by atoms with Crippen LogP contribution in [-0.4, -0.2) is 41.0 Å². The van der Waals surface area contributed by atoms with Crippen molar-refractivity contribution in [1.82, 2.24) is 4.90 Å². The molecule has 0 saturated carbocycles. The van der Waals surface area contributed by atoms with Crippen LogP contribution in [0.25, 0.3) is 0 Å². The molecule has 1 heterocycles. The Balaban J connectivity index is 1.97. The first kappa shape index (κ1) is 15.1. The number of carbonyl (C=O) groups excluding carboxylic acids is 1. The maximum atomic E-state index is 11.9. The molecule has 1 aromatic carbocycles. The van der Waals surface area contributed by atoms with Crippen LogP contribution in [0, 0.1) is 0 Å². The fourth-order valence-electron chi connectivity index (χ4n) is 2.26. The van der Waals surface area contributed by atoms with Crippen molar-refractivity contribution in [3.8, 4) is 0 Å². The number of benzene rings is 1. The van der Waals surface area contributed by atoms with Gasteiger partial charge in [-0.05, 0) is 37.6 Å². The molecule has 0 aromatic heterocycles. The highest BCUT2D eigenvalue weighted by molar-refractivity contribution is 6.36. The lowest BCUT2D eigenvalue weighted by Crippen LogP contribution is -2.40. The highest BCUT2D eigenvalue weighted by atomic mass is 35.5. The number of carboxylic acids is 1. The van der Waals surface area contributed by atoms with E-state index < -0.39 is 12.0 Å². The molecule has 2 rings (SSSR count). The van der Waals surface area contributed by atoms with Crippen molar-refractivity contribution in [3.05, 3.63) is 28.2 Å². The van der Waals surface area contributed by atoms with Crippen LogP contribution in [0.1, 0.15) is 12.8 Å². The molecule has 1 saturated heterocycles. The zero-order chi connectivity index (χ0) is 14.7. The summed E-state index contributed by atoms with van der Waals surface area (Å²) in [6, 6.07) is 4.19. The van der Waals surface area contributed by atoms with E-state index in [2.05, 4.69) is 5.32 Å². The monoisotopic (exact) mass is 316 g/mol. The van der Waals surface area contributed by atoms with Gasteiger partial charge in [-0.25, -0.2) is 0 Å². The number of amides is 1. The van der Waals surface area contributed by atoms with Crippen LogP contribution < -0.4 is 5.32 Å². The average molecular weight is 317 g/mol. The summed E-state index contributed by atoms with van der Waals surface area (Å²) in [6.45, 7) is 0.647. The van der Waals surface area contributed by atoms with E-state index in [0.717, 1.165) is 6.42 Å². The van der Waals surface area contributed by atoms with Crippen LogP contribution in [0.15, 0.2) is 18.2 Å². The third-order valence-corrected chi connectivity index (χ3v) is 3.75. The smallest absolute Gasteiger partial charge is 0.320 e. The van der Waals surface area contributed by atoms with E-state index in [0.29, 0.717) is 28.7 Å². The first-order valence-electron chi connectivity index (χ1n) is 6.19. The summed E-state index contributed by atoms with van der Waals surface area (Å²) in [4.78, 5) is 24.6. The first-order chi connectivity index (χ1) is 9.47. The van der Waals surface area contributed by atoms with E-state index in [1.807, 2.05) is 0 Å². The minimum Gasteiger partial charge on any atom is -0.480 e. The lowest BCUT2D eigenvalue weighted by molar-refractivity contribution is -0.142. The maximum Gasteiger partial charge on any atom is 0.320 e. The van der Waals surface area contributed by atoms with E-state index >= 15 is 0 Å². The second-order valence-electron chi connectivity index (χ2n) is 4.64. The summed E-state index contributed by atoms with van der Waals surface area (Å²) in [6.07, 6.45) is 1.36. The highest BCUT2D eigenvalue weighted by Crippen LogP contribution is 2.25. The Bertz CT molecular complexity index is 536. The van der Waals surface area contributed by atoms with Crippen molar-refractivity contribution in [3.63, 3.8) is 0 Å². The Morgan fingerprint density at radius 3 is 2.80 bits per heavy atom. The number of carboxylic acid groups (broad SMARTS) is 1. The number of aliphatic carboxylic acids is 1. The second-order valence-corrected chi connectivity index (χ2v) is 5.48. The van der Waals surface area contributed by atoms with Crippen molar-refractivity contribution < 1.29 is 14.7 Å². The molecule has 2 N–H and O–H groups in total. The molecule has 1 aliphatic rings. The van der Waals surface area contributed by atoms with Crippen LogP contribution in [0.5, 0.6) is 0 Å². The molecular weight excluding hydrogens is 303 g/mol. The van der Waals surface area contributed by atoms with Gasteiger partial charge < -0.3 is 10.4 Å². The van der Waals surface area contributed by atoms with Crippen molar-refractivity contribution in [2.75, 3.05) is 18.4 Å². The van der Waals surface area contributed by atoms with Crippen molar-refractivity contribution in [1.29, 1.82) is 0 Å². The number of rotatable bonds is 4. The number of hydrogen-bond donors (Lipinski definition) is 2. The Hall–Kier alpha value is -1.30. The fraction of sp³-hybridized carbons (Fsp3) is 0.385. The summed E-state index contributed by atoms with van der Waals surface area (Å²) < 4.78 is 0. The Morgan fingerprint density at radius 2 is 2.15 bits per heavy atom. The van der Waals surface area contributed by atoms with Gasteiger partial charge in [-0.2, -0.15) is 0 Å². The van der Waals surface area contributed by atoms with Crippen LogP contribution in [-0.2, 0) is 9.59 Å². The predicted molar refractivity (Wildman–Crippen MR) is 77.3 cm³/mol. The van der Waals surface area contributed by atoms with E-state index in [9.17, 15) is 9.59 Å². The molecule has 1 atom stereocenters. The number of anilines is 1. The number of nitrogens with zero attached hydrogens (tertiary/aromatic N) is 1. The molecule has 1 fully saturated rings. The predicted octanol–water partition coefficient (Wildman–Crippen LogP) is 2.48. The largest absolute Gasteiger partial charge is 0.480 e. The van der Waals surface area contributed by atoms with Gasteiger partial charge in [0, 0.05) is 5.02 Å². The average Bonchev–Trinajstić information content (AvgIpc) is 2.81. The highest BCUT2D eigenvalue weighted by Gasteiger charge is 2.31. The summed E-state index contributed by atoms with van der Waals surface area (Å²) in [5.41, 5.74) is 0.465. The number of hydrogen-bond acceptors (Lipinski definition) is 3. The van der Waals surface area contributed by atoms with Gasteiger partial charge in [0.25, 0.3) is 0 Å². The molecular formula is C13H14Cl2N2O3. The zero-order valence-corrected chi connectivity index (χ0v) is 12.1. The van der Waals surface area contributed by atoms with Gasteiger partial charge in [-0.15, -0.1) is 0 Å². The van der Waals surface area contributed by atoms with Gasteiger partial charge in [0.2, 0.25) is 5.91 Å². The van der Waals surface area contributed by atoms with Crippen LogP contribution in [0.2, 0.25) is 10.0 Å². The number of halogens is 2. The molecule has 1 unspecified atom stereocenters. The quantitative estimate of drug-likeness (QED) is 0.895. The van der Waals surface area contributed by atoms with E-state index in [4.69, 9.17) is 28.3 Å². The van der Waals surface area contributed by atoms with Gasteiger partial charge in [0.15, 0.2) is 0 Å². The first-order valence-corrected chi connectivity index (χ1v) is 6.94. The molecule has 20 heavy (non-hydrogen) atoms. The molecule has 1 aliphatic heterocycles. The molecule has 5 nitrogen and oxygen atoms in total. The second kappa shape index (κ2) is 6.43. The molecule has 0 bridgehead atoms. The Labute approximate surface area is 126 Å². The van der Waals surface area contributed by atoms with Gasteiger partial charge in [0.05, 0.1) is 17.3 Å². The molecule has 7 heteroatoms. The maximum absolute atomic E-state index is 11.9. The topological polar surface area (TPSA) is 69.6 Å². The minimum absolute atomic E-state index is 0.0376. The molecule has 0 spiro atoms. The van der Waals surface area contributed by atoms with E-state index in [1.165, 1.54) is 6.07 Å². The van der Waals surface area contributed by atoms with Gasteiger partial charge in [0.1, 0.15) is 6.04 Å². The van der Waals surface area contributed by atoms with Gasteiger partial charge in [-0.1, -0.05) is 23.2 Å². The molecule has 1 aromatic rings. The van der Waals surface area contributed by atoms with E-state index in [1.54, 1.807) is 17.0 Å². The third-order valence-electron chi connectivity index (χ3n) is 3.20. The van der Waals surface area contributed by atoms with Gasteiger partial charge in [-0.3, -0.25) is 14.5 Å². The number of likely N-dealkylation sites (tertiary alicyclic amines) is 1. The number of nitrogens with one attached hydrogen (secondary N) is 1. The standard InChI is InChI=1S/C13H14Cl2N2O3/c14-8-3-4-10(9(15)6-8)16-12(18)7-17-5-1-2-11(17)13(19)20/h3-4,6,11H,1-2,5,7H2,(H,16,18)(H,19,20). The lowest BCUT2D eigenvalue weighted by atomic mass is 10.2. The van der Waals surface area contributed by atoms with Gasteiger partial charge >= 0.3 is 5.97 Å². The molecule has 0 aliphatic carbocycles. The lowest BCUT2D eigenvalue weighted by Gasteiger charge is -2.20. The summed E-state index contributed by atoms with van der Waals surface area (Å²) >= 11 is 11.7. The zero-order valence-electron chi connectivity index (χ0n) is 10.6. The van der Waals surface area contributed by atoms with Crippen LogP contribution >= 0.6 is 23.2 Å². The van der Waals surface area contributed by atoms with Crippen LogP contribution in [0.3, 0.4) is 0 Å². The summed E-state index contributed by atoms with van der Waals surface area (Å²) in [7, 11) is 0. The normalized spacial score (nSPS) is 19.0. The van der Waals surface area contributed by atoms with Crippen molar-refractivity contribution in [2.24, 2.45) is 0 Å². The minimum atomic E-state index is -0.889. The van der Waals surface area contributed by atoms with E-state index in [-0.39, 0.29) is 12.5 Å². The molecule has 0 radical (unpaired) electrons. The Kier molecular flexibility index (Phi) is 4.86. The fourth-order valence-corrected chi connectivity index (χ4v) is 2.72. The molecule has 108 valence electrons. The van der Waals surface area contributed by atoms with Crippen molar-refractivity contribution >= 4 is 40.8 Å². The summed E-state index contributed by atoms with van der Waals surface area (Å²) in [5, 5.41) is 12.5. The summed E-state index contributed by atoms with van der Waals surface area (Å²) in [5.74, 6) is -1.18. The number of carbonyl (C=O) groups is 2. The molecule has 1 amide bonds. The third kappa shape index (κ3) is 3.62. The van der Waals surface area contributed by atoms with Crippen molar-refractivity contribution in [2.45, 2.75) is 18.9 Å².